The summed E-state index contributed by atoms with van der Waals surface area (Å²) in [5.41, 5.74) is 8.76. The Bertz CT molecular complexity index is 380. The number of hydrogen-bond donors (Lipinski definition) is 2. The molecule has 1 aromatic rings. The van der Waals surface area contributed by atoms with Gasteiger partial charge in [-0.2, -0.15) is 0 Å². The second kappa shape index (κ2) is 5.75. The molecule has 1 fully saturated rings. The van der Waals surface area contributed by atoms with Crippen LogP contribution in [0.15, 0.2) is 24.3 Å². The molecule has 100 valence electrons. The van der Waals surface area contributed by atoms with Gasteiger partial charge in [0.1, 0.15) is 0 Å². The molecule has 0 radical (unpaired) electrons. The van der Waals surface area contributed by atoms with E-state index in [4.69, 9.17) is 5.73 Å². The Balaban J connectivity index is 1.64. The Labute approximate surface area is 111 Å². The molecule has 0 aliphatic heterocycles. The highest BCUT2D eigenvalue weighted by Gasteiger charge is 2.44. The van der Waals surface area contributed by atoms with Crippen molar-refractivity contribution in [3.8, 4) is 0 Å². The summed E-state index contributed by atoms with van der Waals surface area (Å²) in [5, 5.41) is 3.62. The lowest BCUT2D eigenvalue weighted by molar-refractivity contribution is 0.338. The van der Waals surface area contributed by atoms with Gasteiger partial charge >= 0.3 is 0 Å². The second-order valence-corrected chi connectivity index (χ2v) is 6.00. The molecule has 1 aliphatic carbocycles. The van der Waals surface area contributed by atoms with Gasteiger partial charge in [-0.15, -0.1) is 0 Å². The predicted molar refractivity (Wildman–Crippen MR) is 78.6 cm³/mol. The van der Waals surface area contributed by atoms with Gasteiger partial charge in [0.15, 0.2) is 0 Å². The fraction of sp³-hybridized carbons (Fsp3) is 0.625. The van der Waals surface area contributed by atoms with Crippen LogP contribution in [0, 0.1) is 11.3 Å². The van der Waals surface area contributed by atoms with Crippen molar-refractivity contribution >= 4 is 5.69 Å². The van der Waals surface area contributed by atoms with Gasteiger partial charge in [-0.3, -0.25) is 0 Å². The van der Waals surface area contributed by atoms with E-state index in [0.717, 1.165) is 24.6 Å². The normalized spacial score (nSPS) is 17.1. The highest BCUT2D eigenvalue weighted by atomic mass is 14.9. The molecule has 0 amide bonds. The Kier molecular flexibility index (Phi) is 4.28. The number of para-hydroxylation sites is 1. The lowest BCUT2D eigenvalue weighted by Gasteiger charge is -2.20. The highest BCUT2D eigenvalue weighted by molar-refractivity contribution is 5.46. The minimum Gasteiger partial charge on any atom is -0.399 e. The third-order valence-electron chi connectivity index (χ3n) is 4.45. The first-order valence-corrected chi connectivity index (χ1v) is 7.18. The second-order valence-electron chi connectivity index (χ2n) is 6.00. The van der Waals surface area contributed by atoms with Gasteiger partial charge in [0.25, 0.3) is 0 Å². The van der Waals surface area contributed by atoms with E-state index in [9.17, 15) is 0 Å². The van der Waals surface area contributed by atoms with Crippen LogP contribution in [-0.4, -0.2) is 13.1 Å². The van der Waals surface area contributed by atoms with E-state index in [-0.39, 0.29) is 0 Å². The third kappa shape index (κ3) is 3.26. The molecule has 18 heavy (non-hydrogen) atoms. The first kappa shape index (κ1) is 13.4. The van der Waals surface area contributed by atoms with Gasteiger partial charge in [0, 0.05) is 12.2 Å². The van der Waals surface area contributed by atoms with Gasteiger partial charge in [0.2, 0.25) is 0 Å². The number of nitrogens with one attached hydrogen (secondary N) is 1. The maximum absolute atomic E-state index is 5.93. The molecule has 0 aromatic heterocycles. The molecule has 0 heterocycles. The largest absolute Gasteiger partial charge is 0.399 e. The lowest BCUT2D eigenvalue weighted by atomic mass is 9.92. The number of nitrogens with two attached hydrogens (primary N) is 1. The molecule has 2 nitrogen and oxygen atoms in total. The highest BCUT2D eigenvalue weighted by Crippen LogP contribution is 2.51. The zero-order valence-electron chi connectivity index (χ0n) is 11.7. The average molecular weight is 246 g/mol. The van der Waals surface area contributed by atoms with Crippen molar-refractivity contribution in [2.45, 2.75) is 39.5 Å². The van der Waals surface area contributed by atoms with Crippen LogP contribution < -0.4 is 11.1 Å². The molecule has 0 bridgehead atoms. The summed E-state index contributed by atoms with van der Waals surface area (Å²) in [6, 6.07) is 8.18. The summed E-state index contributed by atoms with van der Waals surface area (Å²) in [6.45, 7) is 6.98. The van der Waals surface area contributed by atoms with Gasteiger partial charge in [-0.1, -0.05) is 32.0 Å². The summed E-state index contributed by atoms with van der Waals surface area (Å²) in [6.07, 6.45) is 5.06. The van der Waals surface area contributed by atoms with E-state index in [1.165, 1.54) is 31.4 Å². The Morgan fingerprint density at radius 3 is 2.61 bits per heavy atom. The van der Waals surface area contributed by atoms with Crippen molar-refractivity contribution in [3.63, 3.8) is 0 Å². The molecular formula is C16H26N2. The van der Waals surface area contributed by atoms with E-state index >= 15 is 0 Å². The molecule has 1 aliphatic rings. The average Bonchev–Trinajstić information content (AvgIpc) is 3.12. The standard InChI is InChI=1S/C16H26N2/c1-13(2)16(9-10-16)12-18-11-5-7-14-6-3-4-8-15(14)17/h3-4,6,8,13,18H,5,7,9-12,17H2,1-2H3. The maximum atomic E-state index is 5.93. The van der Waals surface area contributed by atoms with Crippen molar-refractivity contribution in [2.24, 2.45) is 11.3 Å². The third-order valence-corrected chi connectivity index (χ3v) is 4.45. The Hall–Kier alpha value is -1.02. The summed E-state index contributed by atoms with van der Waals surface area (Å²) >= 11 is 0. The maximum Gasteiger partial charge on any atom is 0.0346 e. The number of rotatable bonds is 7. The zero-order valence-corrected chi connectivity index (χ0v) is 11.7. The van der Waals surface area contributed by atoms with Crippen LogP contribution in [0.4, 0.5) is 5.69 Å². The van der Waals surface area contributed by atoms with Crippen LogP contribution in [-0.2, 0) is 6.42 Å². The van der Waals surface area contributed by atoms with Crippen molar-refractivity contribution in [2.75, 3.05) is 18.8 Å². The molecule has 2 rings (SSSR count). The van der Waals surface area contributed by atoms with E-state index in [2.05, 4.69) is 31.3 Å². The van der Waals surface area contributed by atoms with Crippen molar-refractivity contribution in [3.05, 3.63) is 29.8 Å². The van der Waals surface area contributed by atoms with Crippen molar-refractivity contribution in [1.82, 2.24) is 5.32 Å². The SMILES string of the molecule is CC(C)C1(CNCCCc2ccccc2N)CC1. The van der Waals surface area contributed by atoms with E-state index in [1.54, 1.807) is 0 Å². The molecule has 3 N–H and O–H groups in total. The number of aryl methyl sites for hydroxylation is 1. The molecule has 0 saturated heterocycles. The molecule has 1 saturated carbocycles. The number of nitrogen functional groups attached to an aromatic ring is 1. The monoisotopic (exact) mass is 246 g/mol. The van der Waals surface area contributed by atoms with Crippen LogP contribution in [0.2, 0.25) is 0 Å². The quantitative estimate of drug-likeness (QED) is 0.572. The molecule has 0 unspecified atom stereocenters. The topological polar surface area (TPSA) is 38.0 Å². The van der Waals surface area contributed by atoms with Gasteiger partial charge in [0.05, 0.1) is 0 Å². The van der Waals surface area contributed by atoms with Crippen LogP contribution >= 0.6 is 0 Å². The minimum atomic E-state index is 0.617. The van der Waals surface area contributed by atoms with E-state index in [1.807, 2.05) is 12.1 Å². The van der Waals surface area contributed by atoms with Crippen LogP contribution in [0.5, 0.6) is 0 Å². The first-order valence-electron chi connectivity index (χ1n) is 7.18. The van der Waals surface area contributed by atoms with Crippen molar-refractivity contribution < 1.29 is 0 Å². The smallest absolute Gasteiger partial charge is 0.0346 e. The number of anilines is 1. The molecule has 0 atom stereocenters. The number of benzene rings is 1. The fourth-order valence-corrected chi connectivity index (χ4v) is 2.62. The fourth-order valence-electron chi connectivity index (χ4n) is 2.62. The van der Waals surface area contributed by atoms with Crippen molar-refractivity contribution in [1.29, 1.82) is 0 Å². The summed E-state index contributed by atoms with van der Waals surface area (Å²) in [5.74, 6) is 0.815. The van der Waals surface area contributed by atoms with Gasteiger partial charge in [-0.05, 0) is 55.2 Å². The van der Waals surface area contributed by atoms with Crippen LogP contribution in [0.3, 0.4) is 0 Å². The zero-order chi connectivity index (χ0) is 13.0. The van der Waals surface area contributed by atoms with Gasteiger partial charge < -0.3 is 11.1 Å². The predicted octanol–water partition coefficient (Wildman–Crippen LogP) is 3.23. The van der Waals surface area contributed by atoms with Gasteiger partial charge in [-0.25, -0.2) is 0 Å². The summed E-state index contributed by atoms with van der Waals surface area (Å²) in [7, 11) is 0. The molecule has 2 heteroatoms. The lowest BCUT2D eigenvalue weighted by Crippen LogP contribution is -2.28. The Morgan fingerprint density at radius 1 is 1.28 bits per heavy atom. The first-order chi connectivity index (χ1) is 8.64. The minimum absolute atomic E-state index is 0.617. The van der Waals surface area contributed by atoms with E-state index in [0.29, 0.717) is 5.41 Å². The number of hydrogen-bond acceptors (Lipinski definition) is 2. The Morgan fingerprint density at radius 2 is 2.00 bits per heavy atom. The summed E-state index contributed by atoms with van der Waals surface area (Å²) < 4.78 is 0. The molecular weight excluding hydrogens is 220 g/mol. The molecule has 0 spiro atoms. The van der Waals surface area contributed by atoms with Crippen LogP contribution in [0.25, 0.3) is 0 Å². The van der Waals surface area contributed by atoms with Crippen LogP contribution in [0.1, 0.15) is 38.7 Å². The molecule has 1 aromatic carbocycles. The summed E-state index contributed by atoms with van der Waals surface area (Å²) in [4.78, 5) is 0. The van der Waals surface area contributed by atoms with E-state index < -0.39 is 0 Å².